The van der Waals surface area contributed by atoms with Gasteiger partial charge in [0.15, 0.2) is 0 Å². The number of nitrogens with zero attached hydrogens (tertiary/aromatic N) is 1. The average molecular weight is 160 g/mol. The largest absolute Gasteiger partial charge is 0.370 e. The fourth-order valence-corrected chi connectivity index (χ4v) is 1.26. The second-order valence-electron chi connectivity index (χ2n) is 2.90. The van der Waals surface area contributed by atoms with Crippen molar-refractivity contribution in [2.45, 2.75) is 19.0 Å². The fourth-order valence-electron chi connectivity index (χ4n) is 1.26. The molecule has 1 aliphatic heterocycles. The van der Waals surface area contributed by atoms with Crippen molar-refractivity contribution in [3.05, 3.63) is 0 Å². The lowest BCUT2D eigenvalue weighted by Gasteiger charge is -2.11. The van der Waals surface area contributed by atoms with E-state index in [1.165, 1.54) is 0 Å². The minimum Gasteiger partial charge on any atom is -0.370 e. The third-order valence-electron chi connectivity index (χ3n) is 1.89. The van der Waals surface area contributed by atoms with Crippen LogP contribution in [0.3, 0.4) is 0 Å². The molecular weight excluding hydrogens is 147 g/mol. The van der Waals surface area contributed by atoms with Crippen LogP contribution in [0, 0.1) is 0 Å². The van der Waals surface area contributed by atoms with Crippen LogP contribution in [0.5, 0.6) is 0 Å². The highest BCUT2D eigenvalue weighted by molar-refractivity contribution is 5.73. The van der Waals surface area contributed by atoms with E-state index in [4.69, 9.17) is 5.73 Å². The number of carbonyl (C=O) groups excluding carboxylic acids is 1. The molecule has 1 heterocycles. The van der Waals surface area contributed by atoms with Crippen molar-refractivity contribution >= 4 is 5.91 Å². The monoisotopic (exact) mass is 160 g/mol. The summed E-state index contributed by atoms with van der Waals surface area (Å²) in [5.74, 6) is -0.313. The normalized spacial score (nSPS) is 25.7. The maximum Gasteiger partial charge on any atom is 0.218 e. The Kier molecular flexibility index (Phi) is 2.82. The summed E-state index contributed by atoms with van der Waals surface area (Å²) in [5.41, 5.74) is 4.95. The van der Waals surface area contributed by atoms with E-state index >= 15 is 0 Å². The van der Waals surface area contributed by atoms with Crippen LogP contribution in [0.15, 0.2) is 0 Å². The first kappa shape index (κ1) is 8.46. The van der Waals surface area contributed by atoms with Crippen molar-refractivity contribution in [2.24, 2.45) is 5.73 Å². The number of alkyl halides is 1. The van der Waals surface area contributed by atoms with Crippen molar-refractivity contribution in [1.29, 1.82) is 0 Å². The molecule has 0 radical (unpaired) electrons. The van der Waals surface area contributed by atoms with E-state index in [-0.39, 0.29) is 5.91 Å². The van der Waals surface area contributed by atoms with Crippen LogP contribution in [-0.4, -0.2) is 36.6 Å². The molecule has 0 aromatic carbocycles. The molecule has 64 valence electrons. The van der Waals surface area contributed by atoms with Crippen LogP contribution in [0.25, 0.3) is 0 Å². The smallest absolute Gasteiger partial charge is 0.218 e. The van der Waals surface area contributed by atoms with Crippen LogP contribution in [0.4, 0.5) is 4.39 Å². The number of nitrogens with two attached hydrogens (primary N) is 1. The van der Waals surface area contributed by atoms with Gasteiger partial charge in [-0.2, -0.15) is 0 Å². The van der Waals surface area contributed by atoms with Crippen molar-refractivity contribution in [2.75, 3.05) is 19.6 Å². The zero-order valence-corrected chi connectivity index (χ0v) is 6.42. The van der Waals surface area contributed by atoms with Gasteiger partial charge in [-0.1, -0.05) is 0 Å². The van der Waals surface area contributed by atoms with Crippen molar-refractivity contribution in [1.82, 2.24) is 4.90 Å². The second-order valence-corrected chi connectivity index (χ2v) is 2.90. The van der Waals surface area contributed by atoms with Crippen LogP contribution in [-0.2, 0) is 4.79 Å². The highest BCUT2D eigenvalue weighted by atomic mass is 19.1. The van der Waals surface area contributed by atoms with Gasteiger partial charge in [-0.05, 0) is 6.42 Å². The molecule has 0 aromatic heterocycles. The van der Waals surface area contributed by atoms with E-state index < -0.39 is 6.17 Å². The number of carbonyl (C=O) groups is 1. The predicted octanol–water partition coefficient (Wildman–Crippen LogP) is -0.0944. The molecule has 1 aliphatic rings. The molecule has 1 fully saturated rings. The SMILES string of the molecule is NC(=O)CCN1CC[C@@H](F)C1. The Bertz CT molecular complexity index is 151. The van der Waals surface area contributed by atoms with Crippen LogP contribution in [0.2, 0.25) is 0 Å². The molecule has 1 saturated heterocycles. The molecule has 11 heavy (non-hydrogen) atoms. The van der Waals surface area contributed by atoms with Gasteiger partial charge in [0.25, 0.3) is 0 Å². The number of primary amides is 1. The molecule has 2 N–H and O–H groups in total. The summed E-state index contributed by atoms with van der Waals surface area (Å²) < 4.78 is 12.5. The highest BCUT2D eigenvalue weighted by Crippen LogP contribution is 2.11. The van der Waals surface area contributed by atoms with E-state index in [2.05, 4.69) is 0 Å². The Labute approximate surface area is 65.3 Å². The number of likely N-dealkylation sites (tertiary alicyclic amines) is 1. The first-order valence-electron chi connectivity index (χ1n) is 3.83. The highest BCUT2D eigenvalue weighted by Gasteiger charge is 2.21. The zero-order chi connectivity index (χ0) is 8.27. The van der Waals surface area contributed by atoms with E-state index in [1.54, 1.807) is 0 Å². The molecule has 0 spiro atoms. The lowest BCUT2D eigenvalue weighted by Crippen LogP contribution is -2.26. The first-order valence-corrected chi connectivity index (χ1v) is 3.83. The number of hydrogen-bond acceptors (Lipinski definition) is 2. The van der Waals surface area contributed by atoms with Gasteiger partial charge >= 0.3 is 0 Å². The maximum atomic E-state index is 12.5. The van der Waals surface area contributed by atoms with Gasteiger partial charge in [-0.15, -0.1) is 0 Å². The van der Waals surface area contributed by atoms with Gasteiger partial charge in [-0.25, -0.2) is 4.39 Å². The predicted molar refractivity (Wildman–Crippen MR) is 39.8 cm³/mol. The molecule has 1 atom stereocenters. The molecule has 3 nitrogen and oxygen atoms in total. The van der Waals surface area contributed by atoms with Crippen molar-refractivity contribution in [3.8, 4) is 0 Å². The van der Waals surface area contributed by atoms with Crippen LogP contribution in [0.1, 0.15) is 12.8 Å². The quantitative estimate of drug-likeness (QED) is 0.627. The van der Waals surface area contributed by atoms with Crippen LogP contribution >= 0.6 is 0 Å². The molecule has 0 aromatic rings. The van der Waals surface area contributed by atoms with E-state index in [0.717, 1.165) is 6.54 Å². The average Bonchev–Trinajstić information content (AvgIpc) is 2.31. The lowest BCUT2D eigenvalue weighted by molar-refractivity contribution is -0.118. The number of hydrogen-bond donors (Lipinski definition) is 1. The molecule has 0 bridgehead atoms. The van der Waals surface area contributed by atoms with Gasteiger partial charge in [0.05, 0.1) is 0 Å². The molecule has 1 amide bonds. The summed E-state index contributed by atoms with van der Waals surface area (Å²) >= 11 is 0. The Hall–Kier alpha value is -0.640. The second kappa shape index (κ2) is 3.67. The Morgan fingerprint density at radius 1 is 1.73 bits per heavy atom. The molecule has 0 unspecified atom stereocenters. The van der Waals surface area contributed by atoms with E-state index in [1.807, 2.05) is 4.90 Å². The van der Waals surface area contributed by atoms with Gasteiger partial charge in [0.2, 0.25) is 5.91 Å². The molecule has 1 rings (SSSR count). The first-order chi connectivity index (χ1) is 5.18. The summed E-state index contributed by atoms with van der Waals surface area (Å²) in [5, 5.41) is 0. The van der Waals surface area contributed by atoms with Crippen LogP contribution < -0.4 is 5.73 Å². The Morgan fingerprint density at radius 2 is 2.45 bits per heavy atom. The molecule has 0 aliphatic carbocycles. The Balaban J connectivity index is 2.13. The summed E-state index contributed by atoms with van der Waals surface area (Å²) in [6.07, 6.45) is 0.230. The minimum atomic E-state index is -0.706. The van der Waals surface area contributed by atoms with E-state index in [0.29, 0.717) is 25.9 Å². The molecule has 4 heteroatoms. The molecular formula is C7H13FN2O. The van der Waals surface area contributed by atoms with Gasteiger partial charge in [0, 0.05) is 26.1 Å². The van der Waals surface area contributed by atoms with Crippen molar-refractivity contribution < 1.29 is 9.18 Å². The van der Waals surface area contributed by atoms with Gasteiger partial charge in [-0.3, -0.25) is 9.69 Å². The summed E-state index contributed by atoms with van der Waals surface area (Å²) in [6.45, 7) is 1.83. The zero-order valence-electron chi connectivity index (χ0n) is 6.42. The third kappa shape index (κ3) is 2.84. The lowest BCUT2D eigenvalue weighted by atomic mass is 10.3. The summed E-state index contributed by atoms with van der Waals surface area (Å²) in [4.78, 5) is 12.3. The number of rotatable bonds is 3. The summed E-state index contributed by atoms with van der Waals surface area (Å²) in [6, 6.07) is 0. The third-order valence-corrected chi connectivity index (χ3v) is 1.89. The minimum absolute atomic E-state index is 0.313. The van der Waals surface area contributed by atoms with Crippen molar-refractivity contribution in [3.63, 3.8) is 0 Å². The Morgan fingerprint density at radius 3 is 2.91 bits per heavy atom. The van der Waals surface area contributed by atoms with E-state index in [9.17, 15) is 9.18 Å². The van der Waals surface area contributed by atoms with Gasteiger partial charge in [0.1, 0.15) is 6.17 Å². The maximum absolute atomic E-state index is 12.5. The standard InChI is InChI=1S/C7H13FN2O/c8-6-1-3-10(5-6)4-2-7(9)11/h6H,1-5H2,(H2,9,11)/t6-/m1/s1. The summed E-state index contributed by atoms with van der Waals surface area (Å²) in [7, 11) is 0. The molecule has 0 saturated carbocycles. The fraction of sp³-hybridized carbons (Fsp3) is 0.857. The number of halogens is 1. The number of amides is 1. The topological polar surface area (TPSA) is 46.3 Å². The van der Waals surface area contributed by atoms with Gasteiger partial charge < -0.3 is 5.73 Å².